The summed E-state index contributed by atoms with van der Waals surface area (Å²) in [5.41, 5.74) is -0.785. The van der Waals surface area contributed by atoms with E-state index in [2.05, 4.69) is 0 Å². The van der Waals surface area contributed by atoms with Crippen LogP contribution in [0.15, 0.2) is 0 Å². The normalized spacial score (nSPS) is 16.0. The van der Waals surface area contributed by atoms with Gasteiger partial charge in [0.15, 0.2) is 0 Å². The van der Waals surface area contributed by atoms with E-state index in [1.807, 2.05) is 13.8 Å². The zero-order chi connectivity index (χ0) is 8.91. The zero-order valence-corrected chi connectivity index (χ0v) is 7.68. The van der Waals surface area contributed by atoms with Gasteiger partial charge in [0.05, 0.1) is 5.60 Å². The van der Waals surface area contributed by atoms with Crippen molar-refractivity contribution < 1.29 is 9.90 Å². The third-order valence-electron chi connectivity index (χ3n) is 1.87. The van der Waals surface area contributed by atoms with Gasteiger partial charge in [-0.1, -0.05) is 13.8 Å². The molecule has 1 N–H and O–H groups in total. The third-order valence-corrected chi connectivity index (χ3v) is 1.87. The van der Waals surface area contributed by atoms with Crippen molar-refractivity contribution in [3.63, 3.8) is 0 Å². The molecule has 0 bridgehead atoms. The van der Waals surface area contributed by atoms with Crippen molar-refractivity contribution in [1.29, 1.82) is 0 Å². The van der Waals surface area contributed by atoms with Crippen molar-refractivity contribution in [3.05, 3.63) is 0 Å². The van der Waals surface area contributed by atoms with Crippen molar-refractivity contribution in [2.45, 2.75) is 52.1 Å². The van der Waals surface area contributed by atoms with E-state index in [-0.39, 0.29) is 5.78 Å². The van der Waals surface area contributed by atoms with Gasteiger partial charge in [-0.15, -0.1) is 0 Å². The molecule has 0 amide bonds. The van der Waals surface area contributed by atoms with Crippen LogP contribution in [0.25, 0.3) is 0 Å². The average molecular weight is 158 g/mol. The summed E-state index contributed by atoms with van der Waals surface area (Å²) in [6.45, 7) is 5.57. The molecule has 0 saturated carbocycles. The molecule has 0 radical (unpaired) electrons. The number of carbonyl (C=O) groups is 1. The van der Waals surface area contributed by atoms with E-state index < -0.39 is 5.60 Å². The Balaban J connectivity index is 3.74. The molecule has 0 heterocycles. The van der Waals surface area contributed by atoms with Crippen LogP contribution < -0.4 is 0 Å². The van der Waals surface area contributed by atoms with E-state index in [1.54, 1.807) is 6.92 Å². The molecule has 0 aromatic heterocycles. The summed E-state index contributed by atoms with van der Waals surface area (Å²) in [4.78, 5) is 11.1. The van der Waals surface area contributed by atoms with Gasteiger partial charge in [-0.3, -0.25) is 4.79 Å². The van der Waals surface area contributed by atoms with Crippen LogP contribution in [0.4, 0.5) is 0 Å². The SMILES string of the molecule is CCCC(=O)CC(C)(O)CC. The molecule has 0 rings (SSSR count). The Hall–Kier alpha value is -0.370. The first-order valence-electron chi connectivity index (χ1n) is 4.26. The van der Waals surface area contributed by atoms with Gasteiger partial charge in [-0.05, 0) is 19.8 Å². The number of hydrogen-bond acceptors (Lipinski definition) is 2. The molecule has 0 aromatic carbocycles. The van der Waals surface area contributed by atoms with E-state index >= 15 is 0 Å². The smallest absolute Gasteiger partial charge is 0.135 e. The minimum atomic E-state index is -0.785. The van der Waals surface area contributed by atoms with E-state index in [0.717, 1.165) is 6.42 Å². The molecule has 0 saturated heterocycles. The molecular weight excluding hydrogens is 140 g/mol. The first kappa shape index (κ1) is 10.6. The topological polar surface area (TPSA) is 37.3 Å². The number of ketones is 1. The molecule has 11 heavy (non-hydrogen) atoms. The van der Waals surface area contributed by atoms with Crippen molar-refractivity contribution in [3.8, 4) is 0 Å². The second kappa shape index (κ2) is 4.50. The Bertz CT molecular complexity index is 128. The van der Waals surface area contributed by atoms with E-state index in [0.29, 0.717) is 19.3 Å². The highest BCUT2D eigenvalue weighted by Crippen LogP contribution is 2.15. The predicted octanol–water partition coefficient (Wildman–Crippen LogP) is 1.91. The van der Waals surface area contributed by atoms with Gasteiger partial charge in [0, 0.05) is 12.8 Å². The van der Waals surface area contributed by atoms with Gasteiger partial charge in [0.2, 0.25) is 0 Å². The fourth-order valence-electron chi connectivity index (χ4n) is 0.917. The third kappa shape index (κ3) is 4.96. The van der Waals surface area contributed by atoms with Crippen LogP contribution in [-0.4, -0.2) is 16.5 Å². The first-order chi connectivity index (χ1) is 5.02. The fraction of sp³-hybridized carbons (Fsp3) is 0.889. The molecule has 0 fully saturated rings. The minimum absolute atomic E-state index is 0.166. The fourth-order valence-corrected chi connectivity index (χ4v) is 0.917. The Kier molecular flexibility index (Phi) is 4.34. The number of aliphatic hydroxyl groups is 1. The van der Waals surface area contributed by atoms with E-state index in [1.165, 1.54) is 0 Å². The molecule has 0 aromatic rings. The summed E-state index contributed by atoms with van der Waals surface area (Å²) in [5.74, 6) is 0.166. The molecule has 66 valence electrons. The van der Waals surface area contributed by atoms with Crippen molar-refractivity contribution in [2.24, 2.45) is 0 Å². The van der Waals surface area contributed by atoms with E-state index in [4.69, 9.17) is 0 Å². The predicted molar refractivity (Wildman–Crippen MR) is 45.4 cm³/mol. The molecule has 0 spiro atoms. The van der Waals surface area contributed by atoms with Crippen LogP contribution >= 0.6 is 0 Å². The number of rotatable bonds is 5. The molecule has 2 heteroatoms. The maximum Gasteiger partial charge on any atom is 0.135 e. The molecule has 1 atom stereocenters. The first-order valence-corrected chi connectivity index (χ1v) is 4.26. The summed E-state index contributed by atoms with van der Waals surface area (Å²) < 4.78 is 0. The standard InChI is InChI=1S/C9H18O2/c1-4-6-8(10)7-9(3,11)5-2/h11H,4-7H2,1-3H3. The highest BCUT2D eigenvalue weighted by molar-refractivity contribution is 5.79. The van der Waals surface area contributed by atoms with Crippen molar-refractivity contribution >= 4 is 5.78 Å². The second-order valence-corrected chi connectivity index (χ2v) is 3.32. The van der Waals surface area contributed by atoms with Crippen LogP contribution in [0.2, 0.25) is 0 Å². The lowest BCUT2D eigenvalue weighted by Gasteiger charge is -2.19. The minimum Gasteiger partial charge on any atom is -0.390 e. The maximum atomic E-state index is 11.1. The van der Waals surface area contributed by atoms with Gasteiger partial charge >= 0.3 is 0 Å². The summed E-state index contributed by atoms with van der Waals surface area (Å²) in [5, 5.41) is 9.50. The number of Topliss-reactive ketones (excluding diaryl/α,β-unsaturated/α-hetero) is 1. The van der Waals surface area contributed by atoms with E-state index in [9.17, 15) is 9.90 Å². The summed E-state index contributed by atoms with van der Waals surface area (Å²) >= 11 is 0. The highest BCUT2D eigenvalue weighted by atomic mass is 16.3. The van der Waals surface area contributed by atoms with Gasteiger partial charge in [0.1, 0.15) is 5.78 Å². The average Bonchev–Trinajstić information content (AvgIpc) is 1.87. The molecular formula is C9H18O2. The Labute approximate surface area is 68.6 Å². The van der Waals surface area contributed by atoms with Crippen molar-refractivity contribution in [1.82, 2.24) is 0 Å². The quantitative estimate of drug-likeness (QED) is 0.663. The Morgan fingerprint density at radius 1 is 1.45 bits per heavy atom. The lowest BCUT2D eigenvalue weighted by molar-refractivity contribution is -0.123. The number of hydrogen-bond donors (Lipinski definition) is 1. The monoisotopic (exact) mass is 158 g/mol. The summed E-state index contributed by atoms with van der Waals surface area (Å²) in [7, 11) is 0. The van der Waals surface area contributed by atoms with Gasteiger partial charge in [-0.25, -0.2) is 0 Å². The molecule has 2 nitrogen and oxygen atoms in total. The van der Waals surface area contributed by atoms with Crippen LogP contribution in [0.1, 0.15) is 46.5 Å². The molecule has 0 aliphatic heterocycles. The van der Waals surface area contributed by atoms with Crippen LogP contribution in [0, 0.1) is 0 Å². The molecule has 0 aliphatic rings. The lowest BCUT2D eigenvalue weighted by atomic mass is 9.95. The highest BCUT2D eigenvalue weighted by Gasteiger charge is 2.20. The summed E-state index contributed by atoms with van der Waals surface area (Å²) in [6, 6.07) is 0. The lowest BCUT2D eigenvalue weighted by Crippen LogP contribution is -2.26. The zero-order valence-electron chi connectivity index (χ0n) is 7.68. The largest absolute Gasteiger partial charge is 0.390 e. The van der Waals surface area contributed by atoms with Crippen LogP contribution in [-0.2, 0) is 4.79 Å². The molecule has 0 aliphatic carbocycles. The molecule has 1 unspecified atom stereocenters. The number of carbonyl (C=O) groups excluding carboxylic acids is 1. The van der Waals surface area contributed by atoms with Crippen LogP contribution in [0.5, 0.6) is 0 Å². The van der Waals surface area contributed by atoms with Crippen LogP contribution in [0.3, 0.4) is 0 Å². The maximum absolute atomic E-state index is 11.1. The van der Waals surface area contributed by atoms with Gasteiger partial charge in [-0.2, -0.15) is 0 Å². The van der Waals surface area contributed by atoms with Gasteiger partial charge in [0.25, 0.3) is 0 Å². The van der Waals surface area contributed by atoms with Gasteiger partial charge < -0.3 is 5.11 Å². The Morgan fingerprint density at radius 2 is 2.00 bits per heavy atom. The second-order valence-electron chi connectivity index (χ2n) is 3.32. The summed E-state index contributed by atoms with van der Waals surface area (Å²) in [6.07, 6.45) is 2.41. The van der Waals surface area contributed by atoms with Crippen molar-refractivity contribution in [2.75, 3.05) is 0 Å². The Morgan fingerprint density at radius 3 is 2.36 bits per heavy atom.